The van der Waals surface area contributed by atoms with E-state index in [4.69, 9.17) is 0 Å². The molecule has 0 N–H and O–H groups in total. The van der Waals surface area contributed by atoms with Crippen LogP contribution < -0.4 is 0 Å². The smallest absolute Gasteiger partial charge is 0.211 e. The van der Waals surface area contributed by atoms with Crippen molar-refractivity contribution in [1.82, 2.24) is 0 Å². The van der Waals surface area contributed by atoms with E-state index in [9.17, 15) is 4.79 Å². The molecule has 0 aromatic carbocycles. The monoisotopic (exact) mass is 185 g/mol. The molecule has 1 unspecified atom stereocenters. The summed E-state index contributed by atoms with van der Waals surface area (Å²) < 4.78 is 0. The molecular formula is C9H19NOSi. The summed E-state index contributed by atoms with van der Waals surface area (Å²) in [5, 5.41) is 0. The number of hydrogen-bond donors (Lipinski definition) is 0. The Hall–Kier alpha value is -0.403. The van der Waals surface area contributed by atoms with Crippen LogP contribution in [0.2, 0.25) is 17.6 Å². The van der Waals surface area contributed by atoms with Gasteiger partial charge in [-0.1, -0.05) is 32.9 Å². The lowest BCUT2D eigenvalue weighted by Gasteiger charge is -2.18. The molecule has 0 aliphatic heterocycles. The van der Waals surface area contributed by atoms with E-state index in [0.717, 1.165) is 12.0 Å². The highest BCUT2D eigenvalue weighted by atomic mass is 28.3. The van der Waals surface area contributed by atoms with Gasteiger partial charge in [0.25, 0.3) is 0 Å². The third-order valence-electron chi connectivity index (χ3n) is 2.61. The van der Waals surface area contributed by atoms with E-state index in [1.807, 2.05) is 0 Å². The lowest BCUT2D eigenvalue weighted by molar-refractivity contribution is 0.562. The number of aliphatic imine (C=N–C) groups is 1. The van der Waals surface area contributed by atoms with Gasteiger partial charge in [0.1, 0.15) is 0 Å². The summed E-state index contributed by atoms with van der Waals surface area (Å²) in [7, 11) is -0.519. The zero-order valence-corrected chi connectivity index (χ0v) is 9.49. The van der Waals surface area contributed by atoms with Crippen LogP contribution in [0.15, 0.2) is 4.99 Å². The minimum absolute atomic E-state index is 0.519. The topological polar surface area (TPSA) is 29.4 Å². The Bertz CT molecular complexity index is 151. The van der Waals surface area contributed by atoms with E-state index >= 15 is 0 Å². The summed E-state index contributed by atoms with van der Waals surface area (Å²) in [6, 6.07) is 2.73. The lowest BCUT2D eigenvalue weighted by atomic mass is 10.3. The van der Waals surface area contributed by atoms with Gasteiger partial charge in [0.15, 0.2) is 0 Å². The van der Waals surface area contributed by atoms with Crippen LogP contribution in [0, 0.1) is 0 Å². The van der Waals surface area contributed by atoms with Crippen molar-refractivity contribution in [2.45, 2.75) is 44.8 Å². The molecule has 0 heterocycles. The summed E-state index contributed by atoms with van der Waals surface area (Å²) >= 11 is 0. The van der Waals surface area contributed by atoms with Crippen LogP contribution in [0.1, 0.15) is 27.2 Å². The Morgan fingerprint density at radius 2 is 2.00 bits per heavy atom. The van der Waals surface area contributed by atoms with Crippen LogP contribution in [-0.4, -0.2) is 21.4 Å². The molecule has 0 spiro atoms. The molecule has 0 bridgehead atoms. The molecule has 1 atom stereocenters. The highest BCUT2D eigenvalue weighted by Gasteiger charge is 2.13. The van der Waals surface area contributed by atoms with E-state index in [-0.39, 0.29) is 0 Å². The maximum absolute atomic E-state index is 9.81. The normalized spacial score (nSPS) is 12.7. The largest absolute Gasteiger partial charge is 0.234 e. The molecule has 12 heavy (non-hydrogen) atoms. The number of carbonyl (C=O) groups excluding carboxylic acids is 1. The molecule has 3 heteroatoms. The van der Waals surface area contributed by atoms with Gasteiger partial charge in [0, 0.05) is 8.80 Å². The van der Waals surface area contributed by atoms with Crippen LogP contribution in [-0.2, 0) is 4.79 Å². The van der Waals surface area contributed by atoms with Crippen molar-refractivity contribution in [2.24, 2.45) is 4.99 Å². The summed E-state index contributed by atoms with van der Waals surface area (Å²) in [5.41, 5.74) is 0.817. The van der Waals surface area contributed by atoms with Crippen molar-refractivity contribution < 1.29 is 4.79 Å². The molecule has 70 valence electrons. The fourth-order valence-electron chi connectivity index (χ4n) is 1.64. The Balaban J connectivity index is 3.67. The van der Waals surface area contributed by atoms with Gasteiger partial charge in [-0.05, 0) is 12.0 Å². The first-order valence-corrected chi connectivity index (χ1v) is 7.09. The van der Waals surface area contributed by atoms with Crippen molar-refractivity contribution >= 4 is 14.9 Å². The first-order valence-electron chi connectivity index (χ1n) is 4.79. The van der Waals surface area contributed by atoms with Gasteiger partial charge in [-0.2, -0.15) is 0 Å². The summed E-state index contributed by atoms with van der Waals surface area (Å²) in [5.74, 6) is 0. The second kappa shape index (κ2) is 7.26. The van der Waals surface area contributed by atoms with Gasteiger partial charge < -0.3 is 0 Å². The standard InChI is InChI=1S/C9H19NOSi/c1-4-12(5-2)9(3)6-7-10-8-11/h9,12H,4-7H2,1-3H3. The van der Waals surface area contributed by atoms with Crippen LogP contribution in [0.25, 0.3) is 0 Å². The number of rotatable bonds is 6. The first kappa shape index (κ1) is 11.6. The summed E-state index contributed by atoms with van der Waals surface area (Å²) in [4.78, 5) is 13.4. The average Bonchev–Trinajstić information content (AvgIpc) is 2.07. The number of hydrogen-bond acceptors (Lipinski definition) is 2. The van der Waals surface area contributed by atoms with Crippen LogP contribution >= 0.6 is 0 Å². The van der Waals surface area contributed by atoms with Crippen LogP contribution in [0.5, 0.6) is 0 Å². The Kier molecular flexibility index (Phi) is 7.01. The van der Waals surface area contributed by atoms with E-state index in [0.29, 0.717) is 6.54 Å². The van der Waals surface area contributed by atoms with Gasteiger partial charge in [0.05, 0.1) is 6.54 Å². The van der Waals surface area contributed by atoms with Crippen molar-refractivity contribution in [3.05, 3.63) is 0 Å². The molecule has 0 rings (SSSR count). The van der Waals surface area contributed by atoms with Gasteiger partial charge in [-0.25, -0.2) is 9.79 Å². The SMILES string of the molecule is CC[SiH](CC)C(C)CCN=C=O. The molecule has 0 aliphatic rings. The molecule has 0 amide bonds. The minimum Gasteiger partial charge on any atom is -0.211 e. The average molecular weight is 185 g/mol. The van der Waals surface area contributed by atoms with Crippen LogP contribution in [0.3, 0.4) is 0 Å². The van der Waals surface area contributed by atoms with Crippen molar-refractivity contribution in [3.63, 3.8) is 0 Å². The highest BCUT2D eigenvalue weighted by molar-refractivity contribution is 6.60. The summed E-state index contributed by atoms with van der Waals surface area (Å²) in [6.45, 7) is 7.53. The molecule has 0 aliphatic carbocycles. The quantitative estimate of drug-likeness (QED) is 0.355. The molecule has 2 nitrogen and oxygen atoms in total. The van der Waals surface area contributed by atoms with E-state index < -0.39 is 8.80 Å². The van der Waals surface area contributed by atoms with E-state index in [1.165, 1.54) is 12.1 Å². The number of nitrogens with zero attached hydrogens (tertiary/aromatic N) is 1. The maximum atomic E-state index is 9.81. The second-order valence-electron chi connectivity index (χ2n) is 3.32. The third kappa shape index (κ3) is 4.47. The summed E-state index contributed by atoms with van der Waals surface area (Å²) in [6.07, 6.45) is 2.67. The predicted molar refractivity (Wildman–Crippen MR) is 55.1 cm³/mol. The first-order chi connectivity index (χ1) is 5.76. The van der Waals surface area contributed by atoms with Crippen molar-refractivity contribution in [3.8, 4) is 0 Å². The Labute approximate surface area is 76.7 Å². The Morgan fingerprint density at radius 3 is 2.42 bits per heavy atom. The molecular weight excluding hydrogens is 166 g/mol. The van der Waals surface area contributed by atoms with E-state index in [2.05, 4.69) is 25.8 Å². The van der Waals surface area contributed by atoms with E-state index in [1.54, 1.807) is 6.08 Å². The molecule has 0 fully saturated rings. The highest BCUT2D eigenvalue weighted by Crippen LogP contribution is 2.19. The fraction of sp³-hybridized carbons (Fsp3) is 0.889. The maximum Gasteiger partial charge on any atom is 0.234 e. The zero-order valence-electron chi connectivity index (χ0n) is 8.34. The van der Waals surface area contributed by atoms with Crippen molar-refractivity contribution in [2.75, 3.05) is 6.54 Å². The second-order valence-corrected chi connectivity index (χ2v) is 7.61. The Morgan fingerprint density at radius 1 is 1.42 bits per heavy atom. The fourth-order valence-corrected chi connectivity index (χ4v) is 4.45. The molecule has 0 saturated heterocycles. The molecule has 0 radical (unpaired) electrons. The zero-order chi connectivity index (χ0) is 9.40. The van der Waals surface area contributed by atoms with Crippen LogP contribution in [0.4, 0.5) is 0 Å². The molecule has 0 aromatic heterocycles. The van der Waals surface area contributed by atoms with Gasteiger partial charge in [-0.3, -0.25) is 0 Å². The minimum atomic E-state index is -0.519. The predicted octanol–water partition coefficient (Wildman–Crippen LogP) is 2.37. The van der Waals surface area contributed by atoms with Gasteiger partial charge in [-0.15, -0.1) is 0 Å². The lowest BCUT2D eigenvalue weighted by Crippen LogP contribution is -2.16. The molecule has 0 aromatic rings. The third-order valence-corrected chi connectivity index (χ3v) is 6.65. The van der Waals surface area contributed by atoms with Gasteiger partial charge in [0.2, 0.25) is 6.08 Å². The van der Waals surface area contributed by atoms with Gasteiger partial charge >= 0.3 is 0 Å². The van der Waals surface area contributed by atoms with Crippen molar-refractivity contribution in [1.29, 1.82) is 0 Å². The molecule has 0 saturated carbocycles. The number of isocyanates is 1.